The number of rotatable bonds is 7. The maximum atomic E-state index is 12.7. The van der Waals surface area contributed by atoms with E-state index >= 15 is 0 Å². The highest BCUT2D eigenvalue weighted by Gasteiger charge is 2.30. The largest absolute Gasteiger partial charge is 0.481 e. The van der Waals surface area contributed by atoms with Crippen LogP contribution in [0.5, 0.6) is 5.75 Å². The van der Waals surface area contributed by atoms with Crippen molar-refractivity contribution in [2.24, 2.45) is 5.92 Å². The molecule has 0 fully saturated rings. The van der Waals surface area contributed by atoms with Gasteiger partial charge in [0.15, 0.2) is 6.10 Å². The number of ether oxygens (including phenoxy) is 2. The number of thiophene rings is 1. The Bertz CT molecular complexity index is 831. The lowest BCUT2D eigenvalue weighted by molar-refractivity contribution is -0.122. The summed E-state index contributed by atoms with van der Waals surface area (Å²) in [7, 11) is 0. The van der Waals surface area contributed by atoms with Gasteiger partial charge in [-0.2, -0.15) is 0 Å². The Morgan fingerprint density at radius 3 is 2.68 bits per heavy atom. The van der Waals surface area contributed by atoms with Crippen LogP contribution >= 0.6 is 11.3 Å². The first-order valence-corrected chi connectivity index (χ1v) is 10.7. The highest BCUT2D eigenvalue weighted by atomic mass is 32.1. The molecule has 1 N–H and O–H groups in total. The van der Waals surface area contributed by atoms with Crippen LogP contribution in [-0.2, 0) is 22.4 Å². The van der Waals surface area contributed by atoms with Crippen LogP contribution in [0.1, 0.15) is 54.4 Å². The fourth-order valence-corrected chi connectivity index (χ4v) is 4.83. The summed E-state index contributed by atoms with van der Waals surface area (Å²) in [5, 5.41) is 3.49. The minimum Gasteiger partial charge on any atom is -0.481 e. The summed E-state index contributed by atoms with van der Waals surface area (Å²) in [5.41, 5.74) is 1.57. The molecule has 2 atom stereocenters. The molecule has 0 bridgehead atoms. The molecular weight excluding hydrogens is 374 g/mol. The first-order chi connectivity index (χ1) is 13.5. The maximum Gasteiger partial charge on any atom is 0.341 e. The monoisotopic (exact) mass is 401 g/mol. The van der Waals surface area contributed by atoms with Gasteiger partial charge in [-0.25, -0.2) is 4.79 Å². The minimum atomic E-state index is -0.681. The van der Waals surface area contributed by atoms with Crippen molar-refractivity contribution in [1.82, 2.24) is 0 Å². The van der Waals surface area contributed by atoms with Gasteiger partial charge in [0.05, 0.1) is 12.2 Å². The summed E-state index contributed by atoms with van der Waals surface area (Å²) >= 11 is 1.50. The number of nitrogens with one attached hydrogen (secondary N) is 1. The van der Waals surface area contributed by atoms with Crippen LogP contribution in [0.2, 0.25) is 0 Å². The van der Waals surface area contributed by atoms with E-state index in [1.807, 2.05) is 30.3 Å². The molecule has 5 nitrogen and oxygen atoms in total. The second kappa shape index (κ2) is 9.24. The number of esters is 1. The molecule has 0 aliphatic heterocycles. The van der Waals surface area contributed by atoms with E-state index in [4.69, 9.17) is 9.47 Å². The predicted octanol–water partition coefficient (Wildman–Crippen LogP) is 4.85. The fourth-order valence-electron chi connectivity index (χ4n) is 3.48. The number of hydrogen-bond acceptors (Lipinski definition) is 5. The van der Waals surface area contributed by atoms with E-state index in [9.17, 15) is 9.59 Å². The molecule has 1 aliphatic carbocycles. The van der Waals surface area contributed by atoms with Crippen molar-refractivity contribution >= 4 is 28.2 Å². The molecule has 1 amide bonds. The third-order valence-corrected chi connectivity index (χ3v) is 6.26. The zero-order chi connectivity index (χ0) is 20.1. The van der Waals surface area contributed by atoms with Crippen molar-refractivity contribution in [2.75, 3.05) is 11.9 Å². The van der Waals surface area contributed by atoms with Gasteiger partial charge in [-0.15, -0.1) is 11.3 Å². The molecule has 1 aromatic heterocycles. The second-order valence-corrected chi connectivity index (χ2v) is 8.11. The molecule has 0 unspecified atom stereocenters. The Morgan fingerprint density at radius 2 is 2.00 bits per heavy atom. The van der Waals surface area contributed by atoms with Crippen LogP contribution in [0.25, 0.3) is 0 Å². The van der Waals surface area contributed by atoms with Gasteiger partial charge < -0.3 is 14.8 Å². The van der Waals surface area contributed by atoms with E-state index < -0.39 is 6.10 Å². The molecule has 0 saturated carbocycles. The van der Waals surface area contributed by atoms with Crippen LogP contribution in [0, 0.1) is 5.92 Å². The number of benzene rings is 1. The normalized spacial score (nSPS) is 16.8. The van der Waals surface area contributed by atoms with Gasteiger partial charge in [0.2, 0.25) is 0 Å². The SMILES string of the molecule is CCOC(=O)c1c(NC(=O)[C@@H](C)Oc2ccccc2)sc2c1CC[C@H](CC)C2. The number of carbonyl (C=O) groups excluding carboxylic acids is 2. The summed E-state index contributed by atoms with van der Waals surface area (Å²) in [6.07, 6.45) is 3.31. The highest BCUT2D eigenvalue weighted by Crippen LogP contribution is 2.40. The number of amides is 1. The van der Waals surface area contributed by atoms with Gasteiger partial charge in [-0.3, -0.25) is 4.79 Å². The molecule has 0 saturated heterocycles. The summed E-state index contributed by atoms with van der Waals surface area (Å²) < 4.78 is 11.0. The van der Waals surface area contributed by atoms with Crippen LogP contribution in [0.4, 0.5) is 5.00 Å². The average molecular weight is 402 g/mol. The van der Waals surface area contributed by atoms with Crippen LogP contribution in [0.15, 0.2) is 30.3 Å². The topological polar surface area (TPSA) is 64.6 Å². The van der Waals surface area contributed by atoms with Gasteiger partial charge in [0.1, 0.15) is 10.8 Å². The van der Waals surface area contributed by atoms with Crippen molar-refractivity contribution in [3.8, 4) is 5.75 Å². The second-order valence-electron chi connectivity index (χ2n) is 7.01. The number of fused-ring (bicyclic) bond motifs is 1. The minimum absolute atomic E-state index is 0.278. The van der Waals surface area contributed by atoms with E-state index in [-0.39, 0.29) is 11.9 Å². The van der Waals surface area contributed by atoms with Crippen LogP contribution < -0.4 is 10.1 Å². The summed E-state index contributed by atoms with van der Waals surface area (Å²) in [6, 6.07) is 9.22. The molecule has 150 valence electrons. The van der Waals surface area contributed by atoms with Gasteiger partial charge in [0, 0.05) is 4.88 Å². The zero-order valence-electron chi connectivity index (χ0n) is 16.6. The molecule has 1 aromatic carbocycles. The number of anilines is 1. The highest BCUT2D eigenvalue weighted by molar-refractivity contribution is 7.17. The summed E-state index contributed by atoms with van der Waals surface area (Å²) in [6.45, 7) is 5.99. The van der Waals surface area contributed by atoms with E-state index in [2.05, 4.69) is 12.2 Å². The smallest absolute Gasteiger partial charge is 0.341 e. The Hall–Kier alpha value is -2.34. The first-order valence-electron chi connectivity index (χ1n) is 9.87. The fraction of sp³-hybridized carbons (Fsp3) is 0.455. The van der Waals surface area contributed by atoms with E-state index in [1.54, 1.807) is 13.8 Å². The molecule has 28 heavy (non-hydrogen) atoms. The van der Waals surface area contributed by atoms with E-state index in [0.29, 0.717) is 28.8 Å². The number of hydrogen-bond donors (Lipinski definition) is 1. The van der Waals surface area contributed by atoms with E-state index in [1.165, 1.54) is 16.2 Å². The molecule has 0 spiro atoms. The Morgan fingerprint density at radius 1 is 1.25 bits per heavy atom. The number of carbonyl (C=O) groups is 2. The molecule has 1 heterocycles. The molecule has 6 heteroatoms. The van der Waals surface area contributed by atoms with E-state index in [0.717, 1.165) is 31.2 Å². The maximum absolute atomic E-state index is 12.7. The predicted molar refractivity (Wildman–Crippen MR) is 111 cm³/mol. The number of para-hydroxylation sites is 1. The lowest BCUT2D eigenvalue weighted by Gasteiger charge is -2.21. The van der Waals surface area contributed by atoms with Gasteiger partial charge in [-0.05, 0) is 56.7 Å². The summed E-state index contributed by atoms with van der Waals surface area (Å²) in [4.78, 5) is 26.5. The molecule has 3 rings (SSSR count). The third-order valence-electron chi connectivity index (χ3n) is 5.09. The lowest BCUT2D eigenvalue weighted by atomic mass is 9.85. The molecule has 2 aromatic rings. The van der Waals surface area contributed by atoms with Gasteiger partial charge >= 0.3 is 5.97 Å². The van der Waals surface area contributed by atoms with Crippen molar-refractivity contribution in [2.45, 2.75) is 52.6 Å². The first kappa shape index (κ1) is 20.4. The molecule has 1 aliphatic rings. The Balaban J connectivity index is 1.81. The third kappa shape index (κ3) is 4.55. The quantitative estimate of drug-likeness (QED) is 0.674. The van der Waals surface area contributed by atoms with Crippen molar-refractivity contribution in [3.63, 3.8) is 0 Å². The average Bonchev–Trinajstić information content (AvgIpc) is 3.05. The summed E-state index contributed by atoms with van der Waals surface area (Å²) in [5.74, 6) is 0.624. The Labute approximate surface area is 170 Å². The Kier molecular flexibility index (Phi) is 6.73. The van der Waals surface area contributed by atoms with Crippen LogP contribution in [-0.4, -0.2) is 24.6 Å². The van der Waals surface area contributed by atoms with Crippen molar-refractivity contribution in [3.05, 3.63) is 46.3 Å². The van der Waals surface area contributed by atoms with Crippen LogP contribution in [0.3, 0.4) is 0 Å². The van der Waals surface area contributed by atoms with Gasteiger partial charge in [-0.1, -0.05) is 31.5 Å². The van der Waals surface area contributed by atoms with Crippen molar-refractivity contribution in [1.29, 1.82) is 0 Å². The lowest BCUT2D eigenvalue weighted by Crippen LogP contribution is -2.30. The molecular formula is C22H27NO4S. The van der Waals surface area contributed by atoms with Crippen molar-refractivity contribution < 1.29 is 19.1 Å². The zero-order valence-corrected chi connectivity index (χ0v) is 17.4. The van der Waals surface area contributed by atoms with Gasteiger partial charge in [0.25, 0.3) is 5.91 Å². The molecule has 0 radical (unpaired) electrons. The standard InChI is InChI=1S/C22H27NO4S/c1-4-15-11-12-17-18(13-15)28-21(19(17)22(25)26-5-2)23-20(24)14(3)27-16-9-7-6-8-10-16/h6-10,14-15H,4-5,11-13H2,1-3H3,(H,23,24)/t14-,15+/m1/s1.